The zero-order valence-electron chi connectivity index (χ0n) is 18.1. The van der Waals surface area contributed by atoms with Gasteiger partial charge in [0.05, 0.1) is 23.9 Å². The minimum atomic E-state index is -0.193. The molecule has 0 aliphatic heterocycles. The Morgan fingerprint density at radius 2 is 1.97 bits per heavy atom. The van der Waals surface area contributed by atoms with E-state index in [4.69, 9.17) is 4.74 Å². The Hall–Kier alpha value is -2.69. The van der Waals surface area contributed by atoms with Gasteiger partial charge in [0, 0.05) is 22.4 Å². The largest absolute Gasteiger partial charge is 0.497 e. The Labute approximate surface area is 197 Å². The first-order valence-electron chi connectivity index (χ1n) is 9.94. The third-order valence-electron chi connectivity index (χ3n) is 5.04. The van der Waals surface area contributed by atoms with Crippen LogP contribution in [-0.4, -0.2) is 33.3 Å². The van der Waals surface area contributed by atoms with Crippen molar-refractivity contribution in [1.82, 2.24) is 14.5 Å². The molecule has 4 aromatic rings. The Bertz CT molecular complexity index is 1340. The zero-order chi connectivity index (χ0) is 22.8. The molecule has 0 spiro atoms. The first-order valence-corrected chi connectivity index (χ1v) is 12.6. The van der Waals surface area contributed by atoms with Crippen molar-refractivity contribution in [3.8, 4) is 17.0 Å². The molecule has 32 heavy (non-hydrogen) atoms. The van der Waals surface area contributed by atoms with Gasteiger partial charge in [-0.2, -0.15) is 0 Å². The Kier molecular flexibility index (Phi) is 6.63. The molecule has 7 nitrogen and oxygen atoms in total. The highest BCUT2D eigenvalue weighted by molar-refractivity contribution is 7.99. The summed E-state index contributed by atoms with van der Waals surface area (Å²) in [5, 5.41) is 6.50. The molecule has 10 heteroatoms. The lowest BCUT2D eigenvalue weighted by Gasteiger charge is -2.09. The number of anilines is 1. The average molecular weight is 487 g/mol. The quantitative estimate of drug-likeness (QED) is 0.294. The monoisotopic (exact) mass is 486 g/mol. The third-order valence-corrected chi connectivity index (χ3v) is 7.87. The van der Waals surface area contributed by atoms with Crippen LogP contribution < -0.4 is 15.6 Å². The smallest absolute Gasteiger partial charge is 0.263 e. The number of nitrogens with zero attached hydrogens (tertiary/aromatic N) is 3. The number of thiazole rings is 1. The molecule has 0 saturated carbocycles. The molecule has 1 N–H and O–H groups in total. The van der Waals surface area contributed by atoms with Gasteiger partial charge in [-0.05, 0) is 50.6 Å². The van der Waals surface area contributed by atoms with Gasteiger partial charge in [0.2, 0.25) is 5.91 Å². The molecular formula is C22H22N4O3S3. The summed E-state index contributed by atoms with van der Waals surface area (Å²) in [5.41, 5.74) is 2.67. The third kappa shape index (κ3) is 4.43. The molecule has 0 bridgehead atoms. The number of amides is 1. The molecule has 0 atom stereocenters. The van der Waals surface area contributed by atoms with E-state index in [2.05, 4.69) is 15.3 Å². The van der Waals surface area contributed by atoms with Gasteiger partial charge >= 0.3 is 0 Å². The lowest BCUT2D eigenvalue weighted by molar-refractivity contribution is -0.113. The normalized spacial score (nSPS) is 11.1. The van der Waals surface area contributed by atoms with E-state index >= 15 is 0 Å². The second-order valence-corrected chi connectivity index (χ2v) is 10.0. The van der Waals surface area contributed by atoms with Gasteiger partial charge in [0.25, 0.3) is 5.56 Å². The molecule has 0 fully saturated rings. The summed E-state index contributed by atoms with van der Waals surface area (Å²) in [6.45, 7) is 6.35. The summed E-state index contributed by atoms with van der Waals surface area (Å²) >= 11 is 4.14. The predicted molar refractivity (Wildman–Crippen MR) is 132 cm³/mol. The van der Waals surface area contributed by atoms with Crippen LogP contribution in [-0.2, 0) is 11.3 Å². The molecule has 166 valence electrons. The van der Waals surface area contributed by atoms with E-state index in [-0.39, 0.29) is 17.2 Å². The zero-order valence-corrected chi connectivity index (χ0v) is 20.5. The average Bonchev–Trinajstić information content (AvgIpc) is 3.36. The number of methoxy groups -OCH3 is 1. The van der Waals surface area contributed by atoms with Crippen LogP contribution in [0.25, 0.3) is 21.5 Å². The molecule has 3 aromatic heterocycles. The van der Waals surface area contributed by atoms with Crippen molar-refractivity contribution in [3.05, 3.63) is 50.4 Å². The van der Waals surface area contributed by atoms with Crippen molar-refractivity contribution in [3.63, 3.8) is 0 Å². The predicted octanol–water partition coefficient (Wildman–Crippen LogP) is 4.96. The molecular weight excluding hydrogens is 464 g/mol. The number of thioether (sulfide) groups is 1. The van der Waals surface area contributed by atoms with Gasteiger partial charge in [-0.15, -0.1) is 22.7 Å². The summed E-state index contributed by atoms with van der Waals surface area (Å²) in [7, 11) is 1.62. The SMILES string of the molecule is CCn1c(SCC(=O)Nc2nc(-c3ccc(OC)cc3)cs2)nc2sc(C)c(C)c2c1=O. The summed E-state index contributed by atoms with van der Waals surface area (Å²) in [6.07, 6.45) is 0. The fourth-order valence-electron chi connectivity index (χ4n) is 3.21. The standard InChI is InChI=1S/C22H22N4O3S3/c1-5-26-20(28)18-12(2)13(3)32-19(18)25-22(26)31-11-17(27)24-21-23-16(10-30-21)14-6-8-15(29-4)9-7-14/h6-10H,5,11H2,1-4H3,(H,23,24,27). The summed E-state index contributed by atoms with van der Waals surface area (Å²) in [4.78, 5) is 36.4. The highest BCUT2D eigenvalue weighted by Gasteiger charge is 2.17. The topological polar surface area (TPSA) is 86.1 Å². The van der Waals surface area contributed by atoms with E-state index in [0.29, 0.717) is 22.2 Å². The van der Waals surface area contributed by atoms with Crippen molar-refractivity contribution in [2.24, 2.45) is 0 Å². The van der Waals surface area contributed by atoms with Crippen molar-refractivity contribution < 1.29 is 9.53 Å². The number of thiophene rings is 1. The molecule has 0 aliphatic rings. The van der Waals surface area contributed by atoms with E-state index < -0.39 is 0 Å². The van der Waals surface area contributed by atoms with Crippen molar-refractivity contribution in [1.29, 1.82) is 0 Å². The Balaban J connectivity index is 1.46. The number of carbonyl (C=O) groups is 1. The number of nitrogens with one attached hydrogen (secondary N) is 1. The molecule has 0 radical (unpaired) electrons. The minimum Gasteiger partial charge on any atom is -0.497 e. The highest BCUT2D eigenvalue weighted by atomic mass is 32.2. The molecule has 4 rings (SSSR count). The van der Waals surface area contributed by atoms with E-state index in [1.807, 2.05) is 50.4 Å². The number of carbonyl (C=O) groups excluding carboxylic acids is 1. The summed E-state index contributed by atoms with van der Waals surface area (Å²) < 4.78 is 6.81. The second kappa shape index (κ2) is 9.43. The minimum absolute atomic E-state index is 0.0497. The van der Waals surface area contributed by atoms with Gasteiger partial charge < -0.3 is 10.1 Å². The van der Waals surface area contributed by atoms with Crippen LogP contribution in [0.3, 0.4) is 0 Å². The second-order valence-electron chi connectivity index (χ2n) is 7.01. The maximum Gasteiger partial charge on any atom is 0.263 e. The van der Waals surface area contributed by atoms with Gasteiger partial charge in [-0.3, -0.25) is 14.2 Å². The van der Waals surface area contributed by atoms with Crippen LogP contribution in [0.4, 0.5) is 5.13 Å². The van der Waals surface area contributed by atoms with Crippen LogP contribution >= 0.6 is 34.4 Å². The van der Waals surface area contributed by atoms with E-state index in [1.54, 1.807) is 11.7 Å². The number of benzene rings is 1. The summed E-state index contributed by atoms with van der Waals surface area (Å²) in [6, 6.07) is 7.60. The number of aryl methyl sites for hydroxylation is 2. The maximum atomic E-state index is 12.9. The van der Waals surface area contributed by atoms with Crippen LogP contribution in [0, 0.1) is 13.8 Å². The molecule has 0 aliphatic carbocycles. The van der Waals surface area contributed by atoms with Crippen LogP contribution in [0.5, 0.6) is 5.75 Å². The first kappa shape index (κ1) is 22.5. The lowest BCUT2D eigenvalue weighted by atomic mass is 10.2. The van der Waals surface area contributed by atoms with Gasteiger partial charge in [-0.1, -0.05) is 11.8 Å². The van der Waals surface area contributed by atoms with E-state index in [1.165, 1.54) is 34.4 Å². The maximum absolute atomic E-state index is 12.9. The van der Waals surface area contributed by atoms with Crippen LogP contribution in [0.1, 0.15) is 17.4 Å². The first-order chi connectivity index (χ1) is 15.4. The van der Waals surface area contributed by atoms with Crippen molar-refractivity contribution >= 4 is 55.7 Å². The molecule has 3 heterocycles. The number of hydrogen-bond donors (Lipinski definition) is 1. The lowest BCUT2D eigenvalue weighted by Crippen LogP contribution is -2.23. The molecule has 0 unspecified atom stereocenters. The van der Waals surface area contributed by atoms with Crippen molar-refractivity contribution in [2.45, 2.75) is 32.5 Å². The molecule has 1 amide bonds. The Morgan fingerprint density at radius 3 is 2.66 bits per heavy atom. The molecule has 0 saturated heterocycles. The highest BCUT2D eigenvalue weighted by Crippen LogP contribution is 2.29. The number of hydrogen-bond acceptors (Lipinski definition) is 8. The fraction of sp³-hybridized carbons (Fsp3) is 0.273. The van der Waals surface area contributed by atoms with Crippen LogP contribution in [0.2, 0.25) is 0 Å². The molecule has 1 aromatic carbocycles. The van der Waals surface area contributed by atoms with Gasteiger partial charge in [0.1, 0.15) is 10.6 Å². The van der Waals surface area contributed by atoms with Crippen molar-refractivity contribution in [2.75, 3.05) is 18.2 Å². The number of ether oxygens (including phenoxy) is 1. The fourth-order valence-corrected chi connectivity index (χ4v) is 5.88. The number of fused-ring (bicyclic) bond motifs is 1. The number of aromatic nitrogens is 3. The van der Waals surface area contributed by atoms with Gasteiger partial charge in [-0.25, -0.2) is 9.97 Å². The van der Waals surface area contributed by atoms with Gasteiger partial charge in [0.15, 0.2) is 10.3 Å². The van der Waals surface area contributed by atoms with E-state index in [9.17, 15) is 9.59 Å². The summed E-state index contributed by atoms with van der Waals surface area (Å²) in [5.74, 6) is 0.722. The number of rotatable bonds is 7. The van der Waals surface area contributed by atoms with E-state index in [0.717, 1.165) is 32.3 Å². The Morgan fingerprint density at radius 1 is 1.22 bits per heavy atom. The van der Waals surface area contributed by atoms with Crippen LogP contribution in [0.15, 0.2) is 39.6 Å².